The molecule has 14 heavy (non-hydrogen) atoms. The van der Waals surface area contributed by atoms with Crippen molar-refractivity contribution >= 4 is 5.97 Å². The van der Waals surface area contributed by atoms with Crippen molar-refractivity contribution in [3.63, 3.8) is 0 Å². The molecule has 0 aliphatic carbocycles. The molecule has 1 rings (SSSR count). The molecule has 0 bridgehead atoms. The summed E-state index contributed by atoms with van der Waals surface area (Å²) in [5.41, 5.74) is 0.155. The van der Waals surface area contributed by atoms with Crippen LogP contribution in [0.5, 0.6) is 0 Å². The van der Waals surface area contributed by atoms with Crippen LogP contribution >= 0.6 is 0 Å². The number of hydrogen-bond acceptors (Lipinski definition) is 4. The molecule has 76 valence electrons. The zero-order valence-electron chi connectivity index (χ0n) is 8.03. The second-order valence-electron chi connectivity index (χ2n) is 2.66. The lowest BCUT2D eigenvalue weighted by molar-refractivity contribution is 0.0521. The van der Waals surface area contributed by atoms with Crippen molar-refractivity contribution < 1.29 is 13.9 Å². The van der Waals surface area contributed by atoms with Crippen LogP contribution in [0.3, 0.4) is 0 Å². The lowest BCUT2D eigenvalue weighted by atomic mass is 10.2. The van der Waals surface area contributed by atoms with Crippen molar-refractivity contribution in [3.8, 4) is 0 Å². The number of esters is 1. The van der Waals surface area contributed by atoms with Gasteiger partial charge >= 0.3 is 5.97 Å². The van der Waals surface area contributed by atoms with E-state index < -0.39 is 12.1 Å². The smallest absolute Gasteiger partial charge is 0.341 e. The number of aromatic nitrogens is 2. The van der Waals surface area contributed by atoms with Gasteiger partial charge in [0.1, 0.15) is 18.1 Å². The van der Waals surface area contributed by atoms with Crippen LogP contribution in [0.4, 0.5) is 4.39 Å². The zero-order chi connectivity index (χ0) is 10.6. The molecule has 0 spiro atoms. The molecule has 5 heteroatoms. The highest BCUT2D eigenvalue weighted by atomic mass is 19.1. The predicted molar refractivity (Wildman–Crippen MR) is 47.5 cm³/mol. The number of rotatable bonds is 3. The predicted octanol–water partition coefficient (Wildman–Crippen LogP) is 1.68. The van der Waals surface area contributed by atoms with Gasteiger partial charge in [0, 0.05) is 6.20 Å². The second kappa shape index (κ2) is 4.64. The highest BCUT2D eigenvalue weighted by Crippen LogP contribution is 2.17. The molecule has 0 amide bonds. The fraction of sp³-hybridized carbons (Fsp3) is 0.444. The monoisotopic (exact) mass is 198 g/mol. The topological polar surface area (TPSA) is 52.1 Å². The molecule has 0 aliphatic rings. The van der Waals surface area contributed by atoms with Gasteiger partial charge in [-0.15, -0.1) is 0 Å². The molecule has 0 saturated heterocycles. The summed E-state index contributed by atoms with van der Waals surface area (Å²) in [7, 11) is 0. The first kappa shape index (κ1) is 10.6. The molecule has 4 nitrogen and oxygen atoms in total. The first-order valence-electron chi connectivity index (χ1n) is 4.28. The first-order chi connectivity index (χ1) is 6.66. The Morgan fingerprint density at radius 2 is 2.43 bits per heavy atom. The summed E-state index contributed by atoms with van der Waals surface area (Å²) < 4.78 is 17.7. The Kier molecular flexibility index (Phi) is 3.50. The van der Waals surface area contributed by atoms with Gasteiger partial charge in [0.15, 0.2) is 0 Å². The van der Waals surface area contributed by atoms with Crippen molar-refractivity contribution in [2.45, 2.75) is 20.0 Å². The van der Waals surface area contributed by atoms with Crippen molar-refractivity contribution in [2.24, 2.45) is 0 Å². The Labute approximate surface area is 81.1 Å². The average Bonchev–Trinajstić information content (AvgIpc) is 2.18. The molecule has 0 aromatic carbocycles. The van der Waals surface area contributed by atoms with Gasteiger partial charge < -0.3 is 4.74 Å². The van der Waals surface area contributed by atoms with Gasteiger partial charge in [-0.05, 0) is 13.8 Å². The van der Waals surface area contributed by atoms with E-state index >= 15 is 0 Å². The van der Waals surface area contributed by atoms with E-state index in [9.17, 15) is 9.18 Å². The summed E-state index contributed by atoms with van der Waals surface area (Å²) in [5.74, 6) is -0.590. The quantitative estimate of drug-likeness (QED) is 0.693. The van der Waals surface area contributed by atoms with E-state index in [1.54, 1.807) is 6.92 Å². The maximum atomic E-state index is 13.0. The normalized spacial score (nSPS) is 12.2. The van der Waals surface area contributed by atoms with Crippen molar-refractivity contribution in [1.82, 2.24) is 9.97 Å². The molecule has 0 fully saturated rings. The molecule has 1 aromatic rings. The standard InChI is InChI=1S/C9H11FN2O2/c1-3-14-9(13)7-4-11-5-12-8(7)6(2)10/h4-6H,3H2,1-2H3. The zero-order valence-corrected chi connectivity index (χ0v) is 8.03. The summed E-state index contributed by atoms with van der Waals surface area (Å²) >= 11 is 0. The van der Waals surface area contributed by atoms with E-state index in [0.717, 1.165) is 0 Å². The summed E-state index contributed by atoms with van der Waals surface area (Å²) in [6, 6.07) is 0. The minimum atomic E-state index is -1.31. The van der Waals surface area contributed by atoms with Gasteiger partial charge in [-0.3, -0.25) is 0 Å². The molecule has 0 aliphatic heterocycles. The Morgan fingerprint density at radius 1 is 1.71 bits per heavy atom. The maximum Gasteiger partial charge on any atom is 0.341 e. The molecular formula is C9H11FN2O2. The highest BCUT2D eigenvalue weighted by Gasteiger charge is 2.17. The molecule has 0 saturated carbocycles. The number of nitrogens with zero attached hydrogens (tertiary/aromatic N) is 2. The van der Waals surface area contributed by atoms with Crippen LogP contribution < -0.4 is 0 Å². The summed E-state index contributed by atoms with van der Waals surface area (Å²) in [6.07, 6.45) is 1.15. The molecule has 0 N–H and O–H groups in total. The van der Waals surface area contributed by atoms with Crippen molar-refractivity contribution in [3.05, 3.63) is 23.8 Å². The number of hydrogen-bond donors (Lipinski definition) is 0. The van der Waals surface area contributed by atoms with Crippen LogP contribution in [-0.2, 0) is 4.74 Å². The van der Waals surface area contributed by atoms with Gasteiger partial charge in [-0.25, -0.2) is 19.2 Å². The van der Waals surface area contributed by atoms with Crippen LogP contribution in [-0.4, -0.2) is 22.5 Å². The number of alkyl halides is 1. The van der Waals surface area contributed by atoms with Crippen LogP contribution in [0.1, 0.15) is 36.1 Å². The van der Waals surface area contributed by atoms with E-state index in [-0.39, 0.29) is 17.9 Å². The van der Waals surface area contributed by atoms with Crippen molar-refractivity contribution in [2.75, 3.05) is 6.61 Å². The fourth-order valence-electron chi connectivity index (χ4n) is 1.02. The maximum absolute atomic E-state index is 13.0. The van der Waals surface area contributed by atoms with Gasteiger partial charge in [-0.2, -0.15) is 0 Å². The van der Waals surface area contributed by atoms with E-state index in [2.05, 4.69) is 9.97 Å². The third-order valence-electron chi connectivity index (χ3n) is 1.62. The summed E-state index contributed by atoms with van der Waals surface area (Å²) in [5, 5.41) is 0. The lowest BCUT2D eigenvalue weighted by Crippen LogP contribution is -2.10. The molecule has 1 unspecified atom stereocenters. The van der Waals surface area contributed by atoms with Gasteiger partial charge in [0.2, 0.25) is 0 Å². The van der Waals surface area contributed by atoms with Gasteiger partial charge in [0.05, 0.1) is 12.3 Å². The van der Waals surface area contributed by atoms with Crippen LogP contribution in [0.15, 0.2) is 12.5 Å². The Morgan fingerprint density at radius 3 is 3.00 bits per heavy atom. The molecule has 1 aromatic heterocycles. The third-order valence-corrected chi connectivity index (χ3v) is 1.62. The molecule has 1 atom stereocenters. The summed E-state index contributed by atoms with van der Waals surface area (Å²) in [4.78, 5) is 18.6. The Balaban J connectivity index is 3.00. The molecular weight excluding hydrogens is 187 g/mol. The Hall–Kier alpha value is -1.52. The minimum absolute atomic E-state index is 0.0680. The largest absolute Gasteiger partial charge is 0.462 e. The number of halogens is 1. The third kappa shape index (κ3) is 2.25. The van der Waals surface area contributed by atoms with E-state index in [0.29, 0.717) is 0 Å². The van der Waals surface area contributed by atoms with Gasteiger partial charge in [0.25, 0.3) is 0 Å². The molecule has 0 radical (unpaired) electrons. The SMILES string of the molecule is CCOC(=O)c1cncnc1C(C)F. The second-order valence-corrected chi connectivity index (χ2v) is 2.66. The van der Waals surface area contributed by atoms with Gasteiger partial charge in [-0.1, -0.05) is 0 Å². The van der Waals surface area contributed by atoms with Crippen LogP contribution in [0.2, 0.25) is 0 Å². The average molecular weight is 198 g/mol. The number of carbonyl (C=O) groups is 1. The lowest BCUT2D eigenvalue weighted by Gasteiger charge is -2.06. The van der Waals surface area contributed by atoms with E-state index in [1.807, 2.05) is 0 Å². The van der Waals surface area contributed by atoms with Crippen LogP contribution in [0, 0.1) is 0 Å². The molecule has 1 heterocycles. The van der Waals surface area contributed by atoms with Crippen molar-refractivity contribution in [1.29, 1.82) is 0 Å². The number of carbonyl (C=O) groups excluding carboxylic acids is 1. The first-order valence-corrected chi connectivity index (χ1v) is 4.28. The fourth-order valence-corrected chi connectivity index (χ4v) is 1.02. The Bertz CT molecular complexity index is 328. The summed E-state index contributed by atoms with van der Waals surface area (Å²) in [6.45, 7) is 3.24. The number of ether oxygens (including phenoxy) is 1. The highest BCUT2D eigenvalue weighted by molar-refractivity contribution is 5.90. The minimum Gasteiger partial charge on any atom is -0.462 e. The van der Waals surface area contributed by atoms with E-state index in [4.69, 9.17) is 4.74 Å². The van der Waals surface area contributed by atoms with E-state index in [1.165, 1.54) is 19.4 Å². The van der Waals surface area contributed by atoms with Crippen LogP contribution in [0.25, 0.3) is 0 Å².